The molecule has 0 aliphatic heterocycles. The first kappa shape index (κ1) is 14.7. The Morgan fingerprint density at radius 2 is 2.18 bits per heavy atom. The van der Waals surface area contributed by atoms with E-state index in [1.807, 2.05) is 19.1 Å². The molecule has 1 aromatic carbocycles. The molecule has 0 radical (unpaired) electrons. The zero-order valence-electron chi connectivity index (χ0n) is 12.6. The Morgan fingerprint density at radius 3 is 2.77 bits per heavy atom. The molecule has 0 unspecified atom stereocenters. The first-order valence-corrected chi connectivity index (χ1v) is 7.53. The van der Waals surface area contributed by atoms with Gasteiger partial charge in [-0.05, 0) is 43.5 Å². The van der Waals surface area contributed by atoms with Crippen LogP contribution in [0.5, 0.6) is 0 Å². The van der Waals surface area contributed by atoms with Crippen molar-refractivity contribution in [1.29, 1.82) is 0 Å². The molecule has 1 aromatic heterocycles. The Hall–Kier alpha value is -2.21. The molecule has 116 valence electrons. The quantitative estimate of drug-likeness (QED) is 0.899. The zero-order chi connectivity index (χ0) is 15.6. The number of carbonyl (C=O) groups is 1. The molecule has 22 heavy (non-hydrogen) atoms. The Kier molecular flexibility index (Phi) is 3.94. The fourth-order valence-electron chi connectivity index (χ4n) is 3.07. The predicted octanol–water partition coefficient (Wildman–Crippen LogP) is 1.61. The van der Waals surface area contributed by atoms with Gasteiger partial charge in [-0.2, -0.15) is 5.10 Å². The molecule has 1 aliphatic rings. The Labute approximate surface area is 129 Å². The molecule has 2 N–H and O–H groups in total. The van der Waals surface area contributed by atoms with Crippen LogP contribution >= 0.6 is 0 Å². The van der Waals surface area contributed by atoms with Crippen molar-refractivity contribution in [3.05, 3.63) is 42.0 Å². The minimum Gasteiger partial charge on any atom is -0.394 e. The van der Waals surface area contributed by atoms with E-state index in [-0.39, 0.29) is 12.5 Å². The average molecular weight is 300 g/mol. The number of amides is 1. The molecule has 3 rings (SSSR count). The third-order valence-electron chi connectivity index (χ3n) is 4.38. The van der Waals surface area contributed by atoms with Crippen LogP contribution in [-0.2, 0) is 0 Å². The lowest BCUT2D eigenvalue weighted by molar-refractivity contribution is 0.0838. The molecule has 0 saturated heterocycles. The van der Waals surface area contributed by atoms with Gasteiger partial charge in [0.15, 0.2) is 0 Å². The van der Waals surface area contributed by atoms with Gasteiger partial charge in [-0.15, -0.1) is 0 Å². The van der Waals surface area contributed by atoms with Gasteiger partial charge in [0, 0.05) is 5.56 Å². The van der Waals surface area contributed by atoms with Crippen LogP contribution in [0, 0.1) is 6.92 Å². The van der Waals surface area contributed by atoms with Crippen molar-refractivity contribution in [3.8, 4) is 5.69 Å². The molecular weight excluding hydrogens is 280 g/mol. The summed E-state index contributed by atoms with van der Waals surface area (Å²) in [6.07, 6.45) is 6.86. The van der Waals surface area contributed by atoms with E-state index >= 15 is 0 Å². The van der Waals surface area contributed by atoms with Crippen LogP contribution in [0.1, 0.15) is 41.6 Å². The van der Waals surface area contributed by atoms with E-state index in [0.29, 0.717) is 5.56 Å². The molecule has 0 spiro atoms. The Bertz CT molecular complexity index is 661. The van der Waals surface area contributed by atoms with Crippen molar-refractivity contribution in [3.63, 3.8) is 0 Å². The van der Waals surface area contributed by atoms with Crippen molar-refractivity contribution in [2.24, 2.45) is 0 Å². The molecule has 1 fully saturated rings. The maximum atomic E-state index is 12.5. The van der Waals surface area contributed by atoms with Gasteiger partial charge in [0.2, 0.25) is 0 Å². The summed E-state index contributed by atoms with van der Waals surface area (Å²) in [7, 11) is 0. The van der Waals surface area contributed by atoms with Crippen LogP contribution in [0.15, 0.2) is 30.9 Å². The zero-order valence-corrected chi connectivity index (χ0v) is 12.6. The molecule has 6 heteroatoms. The van der Waals surface area contributed by atoms with Gasteiger partial charge in [-0.3, -0.25) is 4.79 Å². The summed E-state index contributed by atoms with van der Waals surface area (Å²) in [5, 5.41) is 16.7. The van der Waals surface area contributed by atoms with Crippen molar-refractivity contribution in [2.75, 3.05) is 6.61 Å². The van der Waals surface area contributed by atoms with Crippen LogP contribution in [0.25, 0.3) is 5.69 Å². The highest BCUT2D eigenvalue weighted by Gasteiger charge is 2.35. The fourth-order valence-corrected chi connectivity index (χ4v) is 3.07. The first-order valence-electron chi connectivity index (χ1n) is 7.53. The first-order chi connectivity index (χ1) is 10.6. The van der Waals surface area contributed by atoms with Crippen molar-refractivity contribution >= 4 is 5.91 Å². The maximum absolute atomic E-state index is 12.5. The number of rotatable bonds is 4. The summed E-state index contributed by atoms with van der Waals surface area (Å²) in [6.45, 7) is 1.89. The summed E-state index contributed by atoms with van der Waals surface area (Å²) >= 11 is 0. The van der Waals surface area contributed by atoms with Crippen LogP contribution in [0.3, 0.4) is 0 Å². The number of aliphatic hydroxyl groups is 1. The highest BCUT2D eigenvalue weighted by atomic mass is 16.3. The Balaban J connectivity index is 1.81. The summed E-state index contributed by atoms with van der Waals surface area (Å²) in [4.78, 5) is 16.4. The minimum atomic E-state index is -0.450. The van der Waals surface area contributed by atoms with Crippen LogP contribution in [0.4, 0.5) is 0 Å². The number of carbonyl (C=O) groups excluding carboxylic acids is 1. The summed E-state index contributed by atoms with van der Waals surface area (Å²) in [5.74, 6) is -0.126. The van der Waals surface area contributed by atoms with Crippen LogP contribution < -0.4 is 5.32 Å². The highest BCUT2D eigenvalue weighted by Crippen LogP contribution is 2.29. The van der Waals surface area contributed by atoms with E-state index in [4.69, 9.17) is 0 Å². The highest BCUT2D eigenvalue weighted by molar-refractivity contribution is 5.96. The third kappa shape index (κ3) is 2.74. The predicted molar refractivity (Wildman–Crippen MR) is 81.8 cm³/mol. The lowest BCUT2D eigenvalue weighted by Crippen LogP contribution is -2.49. The van der Waals surface area contributed by atoms with E-state index in [0.717, 1.165) is 36.9 Å². The van der Waals surface area contributed by atoms with E-state index in [2.05, 4.69) is 15.4 Å². The second-order valence-electron chi connectivity index (χ2n) is 5.94. The summed E-state index contributed by atoms with van der Waals surface area (Å²) in [6, 6.07) is 5.54. The number of benzene rings is 1. The van der Waals surface area contributed by atoms with Gasteiger partial charge in [0.05, 0.1) is 17.8 Å². The van der Waals surface area contributed by atoms with Gasteiger partial charge in [0.25, 0.3) is 5.91 Å². The molecule has 6 nitrogen and oxygen atoms in total. The maximum Gasteiger partial charge on any atom is 0.252 e. The number of nitrogens with zero attached hydrogens (tertiary/aromatic N) is 3. The molecule has 1 amide bonds. The van der Waals surface area contributed by atoms with Gasteiger partial charge < -0.3 is 10.4 Å². The molecular formula is C16H20N4O2. The summed E-state index contributed by atoms with van der Waals surface area (Å²) in [5.41, 5.74) is 1.91. The lowest BCUT2D eigenvalue weighted by Gasteiger charge is -2.28. The molecule has 1 heterocycles. The van der Waals surface area contributed by atoms with Crippen LogP contribution in [-0.4, -0.2) is 37.9 Å². The summed E-state index contributed by atoms with van der Waals surface area (Å²) < 4.78 is 1.65. The standard InChI is InChI=1S/C16H20N4O2/c1-12-8-13(20-11-17-10-18-20)4-5-14(12)15(22)19-16(9-21)6-2-3-7-16/h4-5,8,10-11,21H,2-3,6-7,9H2,1H3,(H,19,22). The van der Waals surface area contributed by atoms with Gasteiger partial charge in [-0.1, -0.05) is 12.8 Å². The van der Waals surface area contributed by atoms with E-state index < -0.39 is 5.54 Å². The van der Waals surface area contributed by atoms with E-state index in [1.165, 1.54) is 6.33 Å². The molecule has 0 bridgehead atoms. The second-order valence-corrected chi connectivity index (χ2v) is 5.94. The number of hydrogen-bond donors (Lipinski definition) is 2. The smallest absolute Gasteiger partial charge is 0.252 e. The normalized spacial score (nSPS) is 16.6. The molecule has 1 aliphatic carbocycles. The molecule has 1 saturated carbocycles. The van der Waals surface area contributed by atoms with Gasteiger partial charge >= 0.3 is 0 Å². The second kappa shape index (κ2) is 5.88. The van der Waals surface area contributed by atoms with Gasteiger partial charge in [0.1, 0.15) is 12.7 Å². The molecule has 0 atom stereocenters. The number of hydrogen-bond acceptors (Lipinski definition) is 4. The average Bonchev–Trinajstić information content (AvgIpc) is 3.19. The van der Waals surface area contributed by atoms with Crippen LogP contribution in [0.2, 0.25) is 0 Å². The third-order valence-corrected chi connectivity index (χ3v) is 4.38. The van der Waals surface area contributed by atoms with Gasteiger partial charge in [-0.25, -0.2) is 9.67 Å². The number of aromatic nitrogens is 3. The molecule has 2 aromatic rings. The Morgan fingerprint density at radius 1 is 1.41 bits per heavy atom. The topological polar surface area (TPSA) is 80.0 Å². The number of aliphatic hydroxyl groups excluding tert-OH is 1. The fraction of sp³-hybridized carbons (Fsp3) is 0.438. The number of nitrogens with one attached hydrogen (secondary N) is 1. The SMILES string of the molecule is Cc1cc(-n2cncn2)ccc1C(=O)NC1(CO)CCCC1. The number of aryl methyl sites for hydroxylation is 1. The monoisotopic (exact) mass is 300 g/mol. The van der Waals surface area contributed by atoms with Crippen molar-refractivity contribution in [1.82, 2.24) is 20.1 Å². The van der Waals surface area contributed by atoms with E-state index in [1.54, 1.807) is 17.1 Å². The van der Waals surface area contributed by atoms with E-state index in [9.17, 15) is 9.90 Å². The largest absolute Gasteiger partial charge is 0.394 e. The van der Waals surface area contributed by atoms with Crippen molar-refractivity contribution in [2.45, 2.75) is 38.1 Å². The van der Waals surface area contributed by atoms with Crippen molar-refractivity contribution < 1.29 is 9.90 Å². The minimum absolute atomic E-state index is 0.00513. The lowest BCUT2D eigenvalue weighted by atomic mass is 9.97.